The number of hydrogen-bond acceptors (Lipinski definition) is 2. The summed E-state index contributed by atoms with van der Waals surface area (Å²) in [6.07, 6.45) is 9.22. The molecule has 0 saturated heterocycles. The first kappa shape index (κ1) is 12.7. The van der Waals surface area contributed by atoms with Crippen LogP contribution in [-0.2, 0) is 6.54 Å². The minimum Gasteiger partial charge on any atom is -0.346 e. The van der Waals surface area contributed by atoms with E-state index in [0.29, 0.717) is 11.5 Å². The molecular formula is C16H23N3. The zero-order valence-electron chi connectivity index (χ0n) is 11.9. The number of nitrogens with zero attached hydrogens (tertiary/aromatic N) is 1. The molecule has 2 aromatic rings. The largest absolute Gasteiger partial charge is 0.346 e. The molecule has 1 unspecified atom stereocenters. The molecule has 0 radical (unpaired) electrons. The van der Waals surface area contributed by atoms with E-state index >= 15 is 0 Å². The molecule has 3 heteroatoms. The zero-order valence-corrected chi connectivity index (χ0v) is 11.9. The average molecular weight is 257 g/mol. The fourth-order valence-electron chi connectivity index (χ4n) is 3.29. The Morgan fingerprint density at radius 1 is 1.47 bits per heavy atom. The fourth-order valence-corrected chi connectivity index (χ4v) is 3.29. The molecule has 0 aromatic carbocycles. The van der Waals surface area contributed by atoms with Gasteiger partial charge in [-0.2, -0.15) is 0 Å². The number of aromatic amines is 1. The topological polar surface area (TPSA) is 40.7 Å². The van der Waals surface area contributed by atoms with Gasteiger partial charge in [-0.25, -0.2) is 4.98 Å². The normalized spacial score (nSPS) is 22.7. The molecule has 19 heavy (non-hydrogen) atoms. The number of pyridine rings is 1. The Morgan fingerprint density at radius 2 is 2.37 bits per heavy atom. The summed E-state index contributed by atoms with van der Waals surface area (Å²) in [6, 6.07) is 4.80. The Bertz CT molecular complexity index is 556. The highest BCUT2D eigenvalue weighted by Gasteiger charge is 2.27. The molecule has 0 amide bonds. The van der Waals surface area contributed by atoms with Crippen molar-refractivity contribution < 1.29 is 0 Å². The SMILES string of the molecule is CC1(C)CCCC(NCc2c[nH]c3ncccc23)C1. The first-order valence-electron chi connectivity index (χ1n) is 7.28. The van der Waals surface area contributed by atoms with E-state index in [4.69, 9.17) is 0 Å². The molecule has 1 fully saturated rings. The second kappa shape index (κ2) is 4.97. The Balaban J connectivity index is 1.66. The lowest BCUT2D eigenvalue weighted by atomic mass is 9.75. The van der Waals surface area contributed by atoms with Crippen molar-refractivity contribution in [3.8, 4) is 0 Å². The van der Waals surface area contributed by atoms with Crippen LogP contribution >= 0.6 is 0 Å². The summed E-state index contributed by atoms with van der Waals surface area (Å²) in [5, 5.41) is 4.96. The van der Waals surface area contributed by atoms with Gasteiger partial charge >= 0.3 is 0 Å². The van der Waals surface area contributed by atoms with Gasteiger partial charge in [0.2, 0.25) is 0 Å². The molecule has 1 saturated carbocycles. The predicted octanol–water partition coefficient (Wildman–Crippen LogP) is 3.62. The molecule has 3 rings (SSSR count). The quantitative estimate of drug-likeness (QED) is 0.881. The maximum atomic E-state index is 4.34. The summed E-state index contributed by atoms with van der Waals surface area (Å²) in [7, 11) is 0. The first-order chi connectivity index (χ1) is 9.14. The van der Waals surface area contributed by atoms with Crippen LogP contribution in [0, 0.1) is 5.41 Å². The molecule has 2 aromatic heterocycles. The summed E-state index contributed by atoms with van der Waals surface area (Å²) < 4.78 is 0. The molecule has 1 aliphatic carbocycles. The van der Waals surface area contributed by atoms with E-state index in [0.717, 1.165) is 12.2 Å². The highest BCUT2D eigenvalue weighted by atomic mass is 14.9. The number of H-pyrrole nitrogens is 1. The molecule has 1 atom stereocenters. The first-order valence-corrected chi connectivity index (χ1v) is 7.28. The Hall–Kier alpha value is -1.35. The van der Waals surface area contributed by atoms with Crippen LogP contribution in [0.15, 0.2) is 24.5 Å². The van der Waals surface area contributed by atoms with E-state index in [9.17, 15) is 0 Å². The summed E-state index contributed by atoms with van der Waals surface area (Å²) in [5.74, 6) is 0. The maximum Gasteiger partial charge on any atom is 0.137 e. The van der Waals surface area contributed by atoms with E-state index < -0.39 is 0 Å². The number of aromatic nitrogens is 2. The van der Waals surface area contributed by atoms with Crippen LogP contribution in [0.3, 0.4) is 0 Å². The number of hydrogen-bond donors (Lipinski definition) is 2. The lowest BCUT2D eigenvalue weighted by Gasteiger charge is -2.35. The Kier molecular flexibility index (Phi) is 3.31. The zero-order chi connectivity index (χ0) is 13.3. The highest BCUT2D eigenvalue weighted by Crippen LogP contribution is 2.35. The van der Waals surface area contributed by atoms with Crippen molar-refractivity contribution in [3.63, 3.8) is 0 Å². The standard InChI is InChI=1S/C16H23N3/c1-16(2)7-3-5-13(9-16)18-10-12-11-19-15-14(12)6-4-8-17-15/h4,6,8,11,13,18H,3,5,7,9-10H2,1-2H3,(H,17,19). The van der Waals surface area contributed by atoms with E-state index in [1.54, 1.807) is 0 Å². The van der Waals surface area contributed by atoms with E-state index in [1.807, 2.05) is 12.3 Å². The van der Waals surface area contributed by atoms with Gasteiger partial charge in [0, 0.05) is 30.4 Å². The summed E-state index contributed by atoms with van der Waals surface area (Å²) in [5.41, 5.74) is 2.81. The van der Waals surface area contributed by atoms with Crippen molar-refractivity contribution >= 4 is 11.0 Å². The van der Waals surface area contributed by atoms with Gasteiger partial charge in [0.15, 0.2) is 0 Å². The third kappa shape index (κ3) is 2.81. The molecule has 0 aliphatic heterocycles. The maximum absolute atomic E-state index is 4.34. The Morgan fingerprint density at radius 3 is 3.21 bits per heavy atom. The molecule has 0 bridgehead atoms. The predicted molar refractivity (Wildman–Crippen MR) is 79.0 cm³/mol. The van der Waals surface area contributed by atoms with E-state index in [1.165, 1.54) is 36.6 Å². The Labute approximate surface area is 114 Å². The van der Waals surface area contributed by atoms with Crippen molar-refractivity contribution in [2.75, 3.05) is 0 Å². The average Bonchev–Trinajstić information content (AvgIpc) is 2.78. The third-order valence-corrected chi connectivity index (χ3v) is 4.32. The highest BCUT2D eigenvalue weighted by molar-refractivity contribution is 5.79. The van der Waals surface area contributed by atoms with Crippen molar-refractivity contribution in [2.24, 2.45) is 5.41 Å². The molecule has 3 nitrogen and oxygen atoms in total. The summed E-state index contributed by atoms with van der Waals surface area (Å²) >= 11 is 0. The molecule has 2 heterocycles. The van der Waals surface area contributed by atoms with Gasteiger partial charge < -0.3 is 10.3 Å². The van der Waals surface area contributed by atoms with Crippen LogP contribution in [0.4, 0.5) is 0 Å². The monoisotopic (exact) mass is 257 g/mol. The van der Waals surface area contributed by atoms with Gasteiger partial charge in [-0.05, 0) is 42.4 Å². The second-order valence-electron chi connectivity index (χ2n) is 6.55. The van der Waals surface area contributed by atoms with Crippen molar-refractivity contribution in [1.82, 2.24) is 15.3 Å². The van der Waals surface area contributed by atoms with Crippen LogP contribution in [0.5, 0.6) is 0 Å². The lowest BCUT2D eigenvalue weighted by molar-refractivity contribution is 0.198. The molecular weight excluding hydrogens is 234 g/mol. The minimum absolute atomic E-state index is 0.498. The second-order valence-corrected chi connectivity index (χ2v) is 6.55. The van der Waals surface area contributed by atoms with Gasteiger partial charge in [0.25, 0.3) is 0 Å². The van der Waals surface area contributed by atoms with Crippen LogP contribution in [0.25, 0.3) is 11.0 Å². The number of fused-ring (bicyclic) bond motifs is 1. The van der Waals surface area contributed by atoms with Gasteiger partial charge in [0.05, 0.1) is 0 Å². The van der Waals surface area contributed by atoms with Crippen LogP contribution in [0.1, 0.15) is 45.1 Å². The third-order valence-electron chi connectivity index (χ3n) is 4.32. The van der Waals surface area contributed by atoms with Crippen molar-refractivity contribution in [1.29, 1.82) is 0 Å². The molecule has 1 aliphatic rings. The lowest BCUT2D eigenvalue weighted by Crippen LogP contribution is -2.36. The summed E-state index contributed by atoms with van der Waals surface area (Å²) in [6.45, 7) is 5.71. The number of nitrogens with one attached hydrogen (secondary N) is 2. The van der Waals surface area contributed by atoms with Crippen LogP contribution in [0.2, 0.25) is 0 Å². The minimum atomic E-state index is 0.498. The molecule has 102 valence electrons. The number of rotatable bonds is 3. The molecule has 0 spiro atoms. The van der Waals surface area contributed by atoms with Gasteiger partial charge in [0.1, 0.15) is 5.65 Å². The van der Waals surface area contributed by atoms with Gasteiger partial charge in [-0.3, -0.25) is 0 Å². The van der Waals surface area contributed by atoms with Crippen LogP contribution in [-0.4, -0.2) is 16.0 Å². The van der Waals surface area contributed by atoms with Crippen molar-refractivity contribution in [3.05, 3.63) is 30.1 Å². The van der Waals surface area contributed by atoms with Gasteiger partial charge in [-0.15, -0.1) is 0 Å². The smallest absolute Gasteiger partial charge is 0.137 e. The molecule has 2 N–H and O–H groups in total. The van der Waals surface area contributed by atoms with Crippen molar-refractivity contribution in [2.45, 2.75) is 52.1 Å². The van der Waals surface area contributed by atoms with E-state index in [2.05, 4.69) is 41.4 Å². The summed E-state index contributed by atoms with van der Waals surface area (Å²) in [4.78, 5) is 7.58. The van der Waals surface area contributed by atoms with Crippen LogP contribution < -0.4 is 5.32 Å². The van der Waals surface area contributed by atoms with E-state index in [-0.39, 0.29) is 0 Å². The van der Waals surface area contributed by atoms with Gasteiger partial charge in [-0.1, -0.05) is 20.3 Å². The fraction of sp³-hybridized carbons (Fsp3) is 0.562.